The van der Waals surface area contributed by atoms with Gasteiger partial charge in [0, 0.05) is 38.6 Å². The van der Waals surface area contributed by atoms with Crippen molar-refractivity contribution in [2.75, 3.05) is 37.6 Å². The first-order chi connectivity index (χ1) is 15.6. The number of nitrogens with zero attached hydrogens (tertiary/aromatic N) is 4. The lowest BCUT2D eigenvalue weighted by atomic mass is 9.80. The number of hydrogen-bond acceptors (Lipinski definition) is 6. The lowest BCUT2D eigenvalue weighted by molar-refractivity contribution is -0.0720. The maximum Gasteiger partial charge on any atom is 0.234 e. The zero-order valence-electron chi connectivity index (χ0n) is 20.4. The summed E-state index contributed by atoms with van der Waals surface area (Å²) in [6.45, 7) is 11.8. The van der Waals surface area contributed by atoms with Crippen molar-refractivity contribution in [2.45, 2.75) is 96.7 Å². The number of anilines is 1. The third-order valence-electron chi connectivity index (χ3n) is 7.81. The van der Waals surface area contributed by atoms with E-state index >= 15 is 0 Å². The van der Waals surface area contributed by atoms with Crippen molar-refractivity contribution < 1.29 is 9.15 Å². The summed E-state index contributed by atoms with van der Waals surface area (Å²) >= 11 is 0. The molecule has 1 saturated carbocycles. The van der Waals surface area contributed by atoms with Crippen molar-refractivity contribution in [3.05, 3.63) is 11.6 Å². The van der Waals surface area contributed by atoms with Gasteiger partial charge in [0.15, 0.2) is 0 Å². The highest BCUT2D eigenvalue weighted by Crippen LogP contribution is 2.39. The van der Waals surface area contributed by atoms with E-state index in [0.717, 1.165) is 76.1 Å². The van der Waals surface area contributed by atoms with Gasteiger partial charge in [-0.3, -0.25) is 4.90 Å². The fourth-order valence-corrected chi connectivity index (χ4v) is 6.10. The second-order valence-electron chi connectivity index (χ2n) is 10.6. The summed E-state index contributed by atoms with van der Waals surface area (Å²) in [5, 5.41) is 9.70. The van der Waals surface area contributed by atoms with Crippen molar-refractivity contribution in [3.63, 3.8) is 0 Å². The van der Waals surface area contributed by atoms with Crippen LogP contribution in [0.5, 0.6) is 0 Å². The van der Waals surface area contributed by atoms with E-state index in [0.29, 0.717) is 29.7 Å². The second-order valence-corrected chi connectivity index (χ2v) is 10.6. The van der Waals surface area contributed by atoms with Gasteiger partial charge in [0.05, 0.1) is 12.2 Å². The van der Waals surface area contributed by atoms with Crippen LogP contribution in [0.25, 0.3) is 0 Å². The van der Waals surface area contributed by atoms with Gasteiger partial charge in [-0.2, -0.15) is 5.26 Å². The summed E-state index contributed by atoms with van der Waals surface area (Å²) in [4.78, 5) is 9.49. The molecule has 0 radical (unpaired) electrons. The Bertz CT molecular complexity index is 746. The zero-order valence-corrected chi connectivity index (χ0v) is 20.4. The van der Waals surface area contributed by atoms with Gasteiger partial charge in [-0.15, -0.1) is 0 Å². The molecule has 2 unspecified atom stereocenters. The molecule has 0 N–H and O–H groups in total. The molecule has 1 aromatic rings. The van der Waals surface area contributed by atoms with Gasteiger partial charge in [-0.25, -0.2) is 4.98 Å². The lowest BCUT2D eigenvalue weighted by Gasteiger charge is -2.39. The van der Waals surface area contributed by atoms with Crippen LogP contribution in [0.4, 0.5) is 5.88 Å². The summed E-state index contributed by atoms with van der Waals surface area (Å²) in [5.74, 6) is 3.49. The van der Waals surface area contributed by atoms with Crippen LogP contribution in [0.3, 0.4) is 0 Å². The van der Waals surface area contributed by atoms with Crippen LogP contribution < -0.4 is 4.90 Å². The molecule has 0 aromatic carbocycles. The molecule has 6 nitrogen and oxygen atoms in total. The van der Waals surface area contributed by atoms with Gasteiger partial charge in [-0.05, 0) is 64.2 Å². The summed E-state index contributed by atoms with van der Waals surface area (Å²) < 4.78 is 12.2. The van der Waals surface area contributed by atoms with Crippen molar-refractivity contribution >= 4 is 5.88 Å². The fraction of sp³-hybridized carbons (Fsp3) is 0.846. The van der Waals surface area contributed by atoms with E-state index in [1.807, 2.05) is 0 Å². The minimum Gasteiger partial charge on any atom is -0.423 e. The molecule has 4 rings (SSSR count). The minimum atomic E-state index is 0.325. The number of piperidine rings is 1. The van der Waals surface area contributed by atoms with E-state index in [-0.39, 0.29) is 0 Å². The standard InChI is InChI=1S/C26H42N4O2/c1-4-5-6-21-7-9-23(10-8-21)25-28-24(15-27)26(32-25)30-13-11-22(12-14-30)18-29-16-19(2)31-20(3)17-29/h19-23H,4-14,16-18H2,1-3H3. The quantitative estimate of drug-likeness (QED) is 0.568. The monoisotopic (exact) mass is 442 g/mol. The van der Waals surface area contributed by atoms with Crippen molar-refractivity contribution in [1.82, 2.24) is 9.88 Å². The Hall–Kier alpha value is -1.58. The van der Waals surface area contributed by atoms with Gasteiger partial charge in [0.1, 0.15) is 6.07 Å². The van der Waals surface area contributed by atoms with E-state index in [4.69, 9.17) is 9.15 Å². The Morgan fingerprint density at radius 1 is 1.00 bits per heavy atom. The molecule has 1 aliphatic carbocycles. The number of aromatic nitrogens is 1. The molecule has 6 heteroatoms. The van der Waals surface area contributed by atoms with Crippen molar-refractivity contribution in [3.8, 4) is 6.07 Å². The van der Waals surface area contributed by atoms with Gasteiger partial charge >= 0.3 is 0 Å². The Kier molecular flexibility index (Phi) is 8.12. The largest absolute Gasteiger partial charge is 0.423 e. The van der Waals surface area contributed by atoms with Crippen LogP contribution in [-0.2, 0) is 4.74 Å². The molecule has 3 fully saturated rings. The smallest absolute Gasteiger partial charge is 0.234 e. The summed E-state index contributed by atoms with van der Waals surface area (Å²) in [5.41, 5.74) is 0.488. The molecule has 3 aliphatic rings. The molecule has 178 valence electrons. The predicted octanol–water partition coefficient (Wildman–Crippen LogP) is 5.34. The summed E-state index contributed by atoms with van der Waals surface area (Å²) in [7, 11) is 0. The number of hydrogen-bond donors (Lipinski definition) is 0. The van der Waals surface area contributed by atoms with Gasteiger partial charge in [-0.1, -0.05) is 26.2 Å². The molecule has 0 amide bonds. The first-order valence-corrected chi connectivity index (χ1v) is 13.1. The highest BCUT2D eigenvalue weighted by atomic mass is 16.5. The third-order valence-corrected chi connectivity index (χ3v) is 7.81. The number of unbranched alkanes of at least 4 members (excludes halogenated alkanes) is 1. The molecule has 3 heterocycles. The predicted molar refractivity (Wildman–Crippen MR) is 127 cm³/mol. The van der Waals surface area contributed by atoms with Crippen molar-refractivity contribution in [1.29, 1.82) is 5.26 Å². The maximum atomic E-state index is 9.70. The van der Waals surface area contributed by atoms with E-state index in [1.54, 1.807) is 0 Å². The molecule has 32 heavy (non-hydrogen) atoms. The SMILES string of the molecule is CCCCC1CCC(c2nc(C#N)c(N3CCC(CN4CC(C)OC(C)C4)CC3)o2)CC1. The first-order valence-electron chi connectivity index (χ1n) is 13.1. The van der Waals surface area contributed by atoms with Gasteiger partial charge < -0.3 is 14.1 Å². The summed E-state index contributed by atoms with van der Waals surface area (Å²) in [6.07, 6.45) is 11.8. The number of ether oxygens (including phenoxy) is 1. The Morgan fingerprint density at radius 2 is 1.69 bits per heavy atom. The van der Waals surface area contributed by atoms with Crippen LogP contribution in [0.15, 0.2) is 4.42 Å². The minimum absolute atomic E-state index is 0.325. The number of rotatable bonds is 7. The van der Waals surface area contributed by atoms with E-state index in [1.165, 1.54) is 32.1 Å². The van der Waals surface area contributed by atoms with Gasteiger partial charge in [0.25, 0.3) is 0 Å². The Balaban J connectivity index is 1.30. The molecule has 2 saturated heterocycles. The van der Waals surface area contributed by atoms with E-state index in [2.05, 4.69) is 41.6 Å². The molecule has 0 bridgehead atoms. The van der Waals surface area contributed by atoms with E-state index in [9.17, 15) is 5.26 Å². The second kappa shape index (κ2) is 11.0. The topological polar surface area (TPSA) is 65.5 Å². The third kappa shape index (κ3) is 5.85. The van der Waals surface area contributed by atoms with Gasteiger partial charge in [0.2, 0.25) is 17.5 Å². The first kappa shape index (κ1) is 23.6. The summed E-state index contributed by atoms with van der Waals surface area (Å²) in [6, 6.07) is 2.31. The molecule has 2 atom stereocenters. The molecule has 2 aliphatic heterocycles. The van der Waals surface area contributed by atoms with Crippen LogP contribution in [0, 0.1) is 23.2 Å². The van der Waals surface area contributed by atoms with Crippen LogP contribution in [0.2, 0.25) is 0 Å². The zero-order chi connectivity index (χ0) is 22.5. The highest BCUT2D eigenvalue weighted by molar-refractivity contribution is 5.48. The average molecular weight is 443 g/mol. The van der Waals surface area contributed by atoms with Crippen LogP contribution >= 0.6 is 0 Å². The fourth-order valence-electron chi connectivity index (χ4n) is 6.10. The number of oxazole rings is 1. The van der Waals surface area contributed by atoms with Crippen LogP contribution in [-0.4, -0.2) is 54.8 Å². The number of morpholine rings is 1. The van der Waals surface area contributed by atoms with Crippen LogP contribution in [0.1, 0.15) is 96.1 Å². The average Bonchev–Trinajstić information content (AvgIpc) is 3.22. The normalized spacial score (nSPS) is 30.4. The number of nitriles is 1. The highest BCUT2D eigenvalue weighted by Gasteiger charge is 2.31. The molecule has 1 aromatic heterocycles. The Labute approximate surface area is 194 Å². The Morgan fingerprint density at radius 3 is 2.31 bits per heavy atom. The lowest BCUT2D eigenvalue weighted by Crippen LogP contribution is -2.48. The molecule has 0 spiro atoms. The molecular weight excluding hydrogens is 400 g/mol. The maximum absolute atomic E-state index is 9.70. The van der Waals surface area contributed by atoms with E-state index < -0.39 is 0 Å². The molecular formula is C26H42N4O2. The van der Waals surface area contributed by atoms with Crippen molar-refractivity contribution in [2.24, 2.45) is 11.8 Å².